The van der Waals surface area contributed by atoms with Crippen LogP contribution in [0.2, 0.25) is 0 Å². The van der Waals surface area contributed by atoms with Crippen molar-refractivity contribution in [1.29, 1.82) is 0 Å². The highest BCUT2D eigenvalue weighted by Crippen LogP contribution is 2.21. The van der Waals surface area contributed by atoms with Crippen molar-refractivity contribution in [2.45, 2.75) is 44.9 Å². The molecule has 2 rings (SSSR count). The van der Waals surface area contributed by atoms with Crippen LogP contribution in [0.15, 0.2) is 12.3 Å². The molecule has 21 heavy (non-hydrogen) atoms. The summed E-state index contributed by atoms with van der Waals surface area (Å²) in [6.07, 6.45) is 2.52. The highest BCUT2D eigenvalue weighted by Gasteiger charge is 2.37. The minimum Gasteiger partial charge on any atom is -0.467 e. The van der Waals surface area contributed by atoms with Crippen molar-refractivity contribution in [3.8, 4) is 0 Å². The Hall–Kier alpha value is -1.89. The van der Waals surface area contributed by atoms with Gasteiger partial charge in [-0.25, -0.2) is 4.79 Å². The van der Waals surface area contributed by atoms with Gasteiger partial charge in [-0.2, -0.15) is 5.10 Å². The van der Waals surface area contributed by atoms with E-state index in [-0.39, 0.29) is 12.3 Å². The van der Waals surface area contributed by atoms with Gasteiger partial charge in [0.2, 0.25) is 0 Å². The first kappa shape index (κ1) is 15.5. The number of ether oxygens (including phenoxy) is 1. The summed E-state index contributed by atoms with van der Waals surface area (Å²) in [7, 11) is 1.29. The summed E-state index contributed by atoms with van der Waals surface area (Å²) in [6.45, 7) is 2.98. The maximum atomic E-state index is 12.7. The molecular weight excluding hydrogens is 274 g/mol. The van der Waals surface area contributed by atoms with Crippen molar-refractivity contribution in [2.75, 3.05) is 13.7 Å². The van der Waals surface area contributed by atoms with Gasteiger partial charge in [0.15, 0.2) is 0 Å². The Bertz CT molecular complexity index is 514. The van der Waals surface area contributed by atoms with E-state index in [1.165, 1.54) is 12.0 Å². The number of esters is 1. The number of amides is 1. The summed E-state index contributed by atoms with van der Waals surface area (Å²) >= 11 is 0. The molecule has 0 spiro atoms. The van der Waals surface area contributed by atoms with Crippen molar-refractivity contribution >= 4 is 11.9 Å². The van der Waals surface area contributed by atoms with Crippen LogP contribution in [0.4, 0.5) is 0 Å². The van der Waals surface area contributed by atoms with Gasteiger partial charge in [0.05, 0.1) is 13.2 Å². The number of likely N-dealkylation sites (tertiary alicyclic amines) is 1. The smallest absolute Gasteiger partial charge is 0.328 e. The number of carbonyl (C=O) groups excluding carboxylic acids is 2. The second kappa shape index (κ2) is 6.71. The van der Waals surface area contributed by atoms with E-state index in [9.17, 15) is 14.7 Å². The average Bonchev–Trinajstić information content (AvgIpc) is 2.94. The number of rotatable bonds is 4. The first-order valence-electron chi connectivity index (χ1n) is 7.17. The minimum absolute atomic E-state index is 0.209. The molecule has 1 fully saturated rings. The van der Waals surface area contributed by atoms with Crippen molar-refractivity contribution in [1.82, 2.24) is 14.7 Å². The molecule has 0 bridgehead atoms. The molecule has 1 aromatic rings. The molecule has 1 N–H and O–H groups in total. The number of aliphatic hydroxyl groups is 1. The third kappa shape index (κ3) is 3.24. The number of hydrogen-bond acceptors (Lipinski definition) is 5. The molecule has 1 saturated heterocycles. The third-order valence-corrected chi connectivity index (χ3v) is 3.68. The van der Waals surface area contributed by atoms with Crippen LogP contribution in [0.5, 0.6) is 0 Å². The zero-order valence-corrected chi connectivity index (χ0v) is 12.4. The van der Waals surface area contributed by atoms with Crippen molar-refractivity contribution in [3.63, 3.8) is 0 Å². The Balaban J connectivity index is 2.22. The average molecular weight is 295 g/mol. The van der Waals surface area contributed by atoms with Crippen LogP contribution in [0.1, 0.15) is 36.7 Å². The number of methoxy groups -OCH3 is 1. The molecule has 2 heterocycles. The second-order valence-electron chi connectivity index (χ2n) is 5.16. The first-order valence-corrected chi connectivity index (χ1v) is 7.17. The van der Waals surface area contributed by atoms with Crippen LogP contribution >= 0.6 is 0 Å². The van der Waals surface area contributed by atoms with Crippen LogP contribution in [-0.2, 0) is 16.1 Å². The van der Waals surface area contributed by atoms with Gasteiger partial charge in [-0.1, -0.05) is 6.92 Å². The molecule has 0 radical (unpaired) electrons. The summed E-state index contributed by atoms with van der Waals surface area (Å²) < 4.78 is 6.39. The van der Waals surface area contributed by atoms with E-state index in [0.717, 1.165) is 6.42 Å². The Labute approximate surface area is 123 Å². The fourth-order valence-corrected chi connectivity index (χ4v) is 2.60. The molecular formula is C14H21N3O4. The molecule has 1 aromatic heterocycles. The summed E-state index contributed by atoms with van der Waals surface area (Å²) in [4.78, 5) is 26.0. The van der Waals surface area contributed by atoms with E-state index < -0.39 is 18.1 Å². The van der Waals surface area contributed by atoms with Gasteiger partial charge in [-0.05, 0) is 18.9 Å². The van der Waals surface area contributed by atoms with Gasteiger partial charge in [-0.3, -0.25) is 9.48 Å². The van der Waals surface area contributed by atoms with Gasteiger partial charge >= 0.3 is 5.97 Å². The molecule has 0 unspecified atom stereocenters. The molecule has 0 saturated carbocycles. The van der Waals surface area contributed by atoms with Crippen LogP contribution < -0.4 is 0 Å². The maximum absolute atomic E-state index is 12.7. The van der Waals surface area contributed by atoms with Crippen LogP contribution in [0.3, 0.4) is 0 Å². The van der Waals surface area contributed by atoms with E-state index in [4.69, 9.17) is 4.74 Å². The molecule has 2 atom stereocenters. The lowest BCUT2D eigenvalue weighted by atomic mass is 9.99. The first-order chi connectivity index (χ1) is 10.1. The van der Waals surface area contributed by atoms with Crippen LogP contribution in [0, 0.1) is 0 Å². The Morgan fingerprint density at radius 2 is 2.29 bits per heavy atom. The Kier molecular flexibility index (Phi) is 4.95. The van der Waals surface area contributed by atoms with Crippen LogP contribution in [0.25, 0.3) is 0 Å². The number of nitrogens with zero attached hydrogens (tertiary/aromatic N) is 3. The highest BCUT2D eigenvalue weighted by atomic mass is 16.5. The number of aliphatic hydroxyl groups excluding tert-OH is 1. The van der Waals surface area contributed by atoms with Gasteiger partial charge in [0.1, 0.15) is 11.7 Å². The molecule has 0 aliphatic carbocycles. The summed E-state index contributed by atoms with van der Waals surface area (Å²) in [6, 6.07) is 0.911. The van der Waals surface area contributed by atoms with E-state index in [1.807, 2.05) is 6.92 Å². The van der Waals surface area contributed by atoms with Crippen molar-refractivity contribution in [2.24, 2.45) is 0 Å². The lowest BCUT2D eigenvalue weighted by Crippen LogP contribution is -2.52. The fraction of sp³-hybridized carbons (Fsp3) is 0.643. The van der Waals surface area contributed by atoms with Crippen molar-refractivity contribution < 1.29 is 19.4 Å². The lowest BCUT2D eigenvalue weighted by Gasteiger charge is -2.36. The second-order valence-corrected chi connectivity index (χ2v) is 5.16. The minimum atomic E-state index is -0.740. The maximum Gasteiger partial charge on any atom is 0.328 e. The largest absolute Gasteiger partial charge is 0.467 e. The number of hydrogen-bond donors (Lipinski definition) is 1. The van der Waals surface area contributed by atoms with E-state index >= 15 is 0 Å². The Morgan fingerprint density at radius 1 is 1.52 bits per heavy atom. The van der Waals surface area contributed by atoms with Gasteiger partial charge < -0.3 is 14.7 Å². The number of aromatic nitrogens is 2. The van der Waals surface area contributed by atoms with E-state index in [0.29, 0.717) is 25.2 Å². The third-order valence-electron chi connectivity index (χ3n) is 3.68. The molecule has 1 aliphatic heterocycles. The molecule has 7 heteroatoms. The van der Waals surface area contributed by atoms with E-state index in [1.54, 1.807) is 16.9 Å². The topological polar surface area (TPSA) is 84.7 Å². The fourth-order valence-electron chi connectivity index (χ4n) is 2.60. The zero-order valence-electron chi connectivity index (χ0n) is 12.4. The molecule has 1 amide bonds. The van der Waals surface area contributed by atoms with Gasteiger partial charge in [-0.15, -0.1) is 0 Å². The lowest BCUT2D eigenvalue weighted by molar-refractivity contribution is -0.148. The normalized spacial score (nSPS) is 22.1. The predicted octanol–water partition coefficient (Wildman–Crippen LogP) is 0.432. The van der Waals surface area contributed by atoms with Crippen LogP contribution in [-0.4, -0.2) is 57.5 Å². The molecule has 0 aromatic carbocycles. The number of piperidine rings is 1. The van der Waals surface area contributed by atoms with Gasteiger partial charge in [0, 0.05) is 25.7 Å². The molecule has 7 nitrogen and oxygen atoms in total. The molecule has 1 aliphatic rings. The van der Waals surface area contributed by atoms with Crippen molar-refractivity contribution in [3.05, 3.63) is 18.0 Å². The summed E-state index contributed by atoms with van der Waals surface area (Å²) in [5.41, 5.74) is 0.460. The molecule has 116 valence electrons. The number of carbonyl (C=O) groups is 2. The highest BCUT2D eigenvalue weighted by molar-refractivity contribution is 5.95. The summed E-state index contributed by atoms with van der Waals surface area (Å²) in [5, 5.41) is 13.9. The summed E-state index contributed by atoms with van der Waals surface area (Å²) in [5.74, 6) is -0.744. The monoisotopic (exact) mass is 295 g/mol. The predicted molar refractivity (Wildman–Crippen MR) is 74.6 cm³/mol. The quantitative estimate of drug-likeness (QED) is 0.814. The Morgan fingerprint density at radius 3 is 2.95 bits per heavy atom. The zero-order chi connectivity index (χ0) is 15.4. The van der Waals surface area contributed by atoms with Gasteiger partial charge in [0.25, 0.3) is 5.91 Å². The number of aryl methyl sites for hydroxylation is 1. The SMILES string of the molecule is CCCn1nccc1C(=O)N1CC[C@@H](O)C[C@H]1C(=O)OC. The standard InChI is InChI=1S/C14H21N3O4/c1-3-7-17-11(4-6-15-17)13(19)16-8-5-10(18)9-12(16)14(20)21-2/h4,6,10,12,18H,3,5,7-9H2,1-2H3/t10-,12+/m1/s1. The van der Waals surface area contributed by atoms with E-state index in [2.05, 4.69) is 5.10 Å².